The van der Waals surface area contributed by atoms with Gasteiger partial charge in [-0.3, -0.25) is 9.48 Å². The lowest BCUT2D eigenvalue weighted by Crippen LogP contribution is -2.39. The SMILES string of the molecule is Cc1nn(C)cc1C(=O)NCC(F)(F)CO. The molecule has 7 heteroatoms. The molecule has 0 radical (unpaired) electrons. The number of carbonyl (C=O) groups is 1. The van der Waals surface area contributed by atoms with Crippen LogP contribution in [0, 0.1) is 6.92 Å². The van der Waals surface area contributed by atoms with Gasteiger partial charge in [0.2, 0.25) is 0 Å². The van der Waals surface area contributed by atoms with E-state index in [9.17, 15) is 13.6 Å². The van der Waals surface area contributed by atoms with E-state index in [4.69, 9.17) is 5.11 Å². The van der Waals surface area contributed by atoms with Gasteiger partial charge in [0.05, 0.1) is 17.8 Å². The molecule has 1 aromatic heterocycles. The molecular formula is C9H13F2N3O2. The normalized spacial score (nSPS) is 11.6. The summed E-state index contributed by atoms with van der Waals surface area (Å²) in [6.45, 7) is -0.574. The van der Waals surface area contributed by atoms with E-state index in [1.807, 2.05) is 5.32 Å². The summed E-state index contributed by atoms with van der Waals surface area (Å²) >= 11 is 0. The zero-order chi connectivity index (χ0) is 12.3. The first-order valence-electron chi connectivity index (χ1n) is 4.63. The van der Waals surface area contributed by atoms with Crippen LogP contribution in [0.1, 0.15) is 16.1 Å². The van der Waals surface area contributed by atoms with E-state index in [-0.39, 0.29) is 5.56 Å². The Morgan fingerprint density at radius 2 is 2.31 bits per heavy atom. The Hall–Kier alpha value is -1.50. The minimum Gasteiger partial charge on any atom is -0.390 e. The molecule has 1 amide bonds. The van der Waals surface area contributed by atoms with Gasteiger partial charge in [0.15, 0.2) is 0 Å². The van der Waals surface area contributed by atoms with Gasteiger partial charge in [-0.1, -0.05) is 0 Å². The zero-order valence-corrected chi connectivity index (χ0v) is 9.00. The summed E-state index contributed by atoms with van der Waals surface area (Å²) in [7, 11) is 1.63. The minimum atomic E-state index is -3.30. The fourth-order valence-electron chi connectivity index (χ4n) is 1.18. The standard InChI is InChI=1S/C9H13F2N3O2/c1-6-7(3-14(2)13-6)8(16)12-4-9(10,11)5-15/h3,15H,4-5H2,1-2H3,(H,12,16). The Balaban J connectivity index is 2.63. The van der Waals surface area contributed by atoms with Crippen LogP contribution in [0.5, 0.6) is 0 Å². The van der Waals surface area contributed by atoms with Gasteiger partial charge in [0, 0.05) is 13.2 Å². The highest BCUT2D eigenvalue weighted by molar-refractivity contribution is 5.95. The number of nitrogens with zero attached hydrogens (tertiary/aromatic N) is 2. The van der Waals surface area contributed by atoms with Crippen molar-refractivity contribution in [2.24, 2.45) is 7.05 Å². The van der Waals surface area contributed by atoms with E-state index in [0.29, 0.717) is 5.69 Å². The molecule has 0 aliphatic carbocycles. The Morgan fingerprint density at radius 3 is 2.75 bits per heavy atom. The van der Waals surface area contributed by atoms with Gasteiger partial charge in [-0.2, -0.15) is 5.10 Å². The number of nitrogens with one attached hydrogen (secondary N) is 1. The van der Waals surface area contributed by atoms with Crippen LogP contribution in [0.4, 0.5) is 8.78 Å². The van der Waals surface area contributed by atoms with Crippen molar-refractivity contribution in [3.05, 3.63) is 17.5 Å². The molecule has 0 fully saturated rings. The number of hydrogen-bond donors (Lipinski definition) is 2. The number of aromatic nitrogens is 2. The lowest BCUT2D eigenvalue weighted by molar-refractivity contribution is -0.0462. The molecule has 1 rings (SSSR count). The third kappa shape index (κ3) is 2.99. The van der Waals surface area contributed by atoms with E-state index in [2.05, 4.69) is 5.10 Å². The van der Waals surface area contributed by atoms with Crippen molar-refractivity contribution in [2.45, 2.75) is 12.8 Å². The fourth-order valence-corrected chi connectivity index (χ4v) is 1.18. The monoisotopic (exact) mass is 233 g/mol. The molecule has 0 aliphatic rings. The summed E-state index contributed by atoms with van der Waals surface area (Å²) in [5.74, 6) is -3.93. The Labute approximate surface area is 91.1 Å². The summed E-state index contributed by atoms with van der Waals surface area (Å²) in [5.41, 5.74) is 0.712. The summed E-state index contributed by atoms with van der Waals surface area (Å²) in [6, 6.07) is 0. The lowest BCUT2D eigenvalue weighted by Gasteiger charge is -2.13. The van der Waals surface area contributed by atoms with Crippen LogP contribution >= 0.6 is 0 Å². The third-order valence-electron chi connectivity index (χ3n) is 2.00. The number of aliphatic hydroxyl groups is 1. The van der Waals surface area contributed by atoms with E-state index < -0.39 is 25.0 Å². The van der Waals surface area contributed by atoms with Crippen LogP contribution in [0.3, 0.4) is 0 Å². The van der Waals surface area contributed by atoms with Gasteiger partial charge in [-0.15, -0.1) is 0 Å². The van der Waals surface area contributed by atoms with Gasteiger partial charge in [-0.25, -0.2) is 8.78 Å². The first-order chi connectivity index (χ1) is 7.35. The summed E-state index contributed by atoms with van der Waals surface area (Å²) in [5, 5.41) is 14.3. The molecule has 1 aromatic rings. The maximum absolute atomic E-state index is 12.6. The van der Waals surface area contributed by atoms with Gasteiger partial charge >= 0.3 is 0 Å². The summed E-state index contributed by atoms with van der Waals surface area (Å²) < 4.78 is 26.7. The highest BCUT2D eigenvalue weighted by Gasteiger charge is 2.28. The molecule has 0 saturated heterocycles. The molecular weight excluding hydrogens is 220 g/mol. The number of halogens is 2. The molecule has 0 unspecified atom stereocenters. The maximum Gasteiger partial charge on any atom is 0.287 e. The second kappa shape index (κ2) is 4.56. The second-order valence-corrected chi connectivity index (χ2v) is 3.50. The van der Waals surface area contributed by atoms with Crippen molar-refractivity contribution < 1.29 is 18.7 Å². The topological polar surface area (TPSA) is 67.2 Å². The molecule has 90 valence electrons. The molecule has 0 bridgehead atoms. The third-order valence-corrected chi connectivity index (χ3v) is 2.00. The number of carbonyl (C=O) groups excluding carboxylic acids is 1. The van der Waals surface area contributed by atoms with Crippen LogP contribution in [-0.2, 0) is 7.05 Å². The molecule has 0 aliphatic heterocycles. The Bertz CT molecular complexity index is 390. The highest BCUT2D eigenvalue weighted by atomic mass is 19.3. The number of aliphatic hydroxyl groups excluding tert-OH is 1. The van der Waals surface area contributed by atoms with E-state index in [1.54, 1.807) is 14.0 Å². The highest BCUT2D eigenvalue weighted by Crippen LogP contribution is 2.11. The van der Waals surface area contributed by atoms with Crippen molar-refractivity contribution in [3.8, 4) is 0 Å². The first-order valence-corrected chi connectivity index (χ1v) is 4.63. The van der Waals surface area contributed by atoms with Gasteiger partial charge < -0.3 is 10.4 Å². The zero-order valence-electron chi connectivity index (χ0n) is 9.00. The minimum absolute atomic E-state index is 0.247. The predicted molar refractivity (Wildman–Crippen MR) is 52.3 cm³/mol. The quantitative estimate of drug-likeness (QED) is 0.774. The van der Waals surface area contributed by atoms with Crippen molar-refractivity contribution in [1.29, 1.82) is 0 Å². The largest absolute Gasteiger partial charge is 0.390 e. The number of hydrogen-bond acceptors (Lipinski definition) is 3. The Morgan fingerprint density at radius 1 is 1.69 bits per heavy atom. The van der Waals surface area contributed by atoms with E-state index in [1.165, 1.54) is 10.9 Å². The number of amides is 1. The fraction of sp³-hybridized carbons (Fsp3) is 0.556. The molecule has 5 nitrogen and oxygen atoms in total. The number of aryl methyl sites for hydroxylation is 2. The maximum atomic E-state index is 12.6. The Kier molecular flexibility index (Phi) is 3.58. The summed E-state index contributed by atoms with van der Waals surface area (Å²) in [6.07, 6.45) is 1.45. The van der Waals surface area contributed by atoms with Crippen molar-refractivity contribution >= 4 is 5.91 Å². The van der Waals surface area contributed by atoms with Crippen LogP contribution in [0.2, 0.25) is 0 Å². The van der Waals surface area contributed by atoms with Gasteiger partial charge in [0.1, 0.15) is 6.61 Å². The molecule has 2 N–H and O–H groups in total. The lowest BCUT2D eigenvalue weighted by atomic mass is 10.2. The second-order valence-electron chi connectivity index (χ2n) is 3.50. The molecule has 0 spiro atoms. The molecule has 0 atom stereocenters. The average Bonchev–Trinajstić information content (AvgIpc) is 2.54. The van der Waals surface area contributed by atoms with Crippen molar-refractivity contribution in [2.75, 3.05) is 13.2 Å². The van der Waals surface area contributed by atoms with Crippen molar-refractivity contribution in [1.82, 2.24) is 15.1 Å². The predicted octanol–water partition coefficient (Wildman–Crippen LogP) is 0.0859. The van der Waals surface area contributed by atoms with Crippen LogP contribution in [0.15, 0.2) is 6.20 Å². The molecule has 16 heavy (non-hydrogen) atoms. The van der Waals surface area contributed by atoms with Gasteiger partial charge in [-0.05, 0) is 6.92 Å². The average molecular weight is 233 g/mol. The molecule has 1 heterocycles. The number of alkyl halides is 2. The van der Waals surface area contributed by atoms with Crippen LogP contribution in [-0.4, -0.2) is 39.9 Å². The first kappa shape index (κ1) is 12.6. The van der Waals surface area contributed by atoms with Crippen LogP contribution < -0.4 is 5.32 Å². The van der Waals surface area contributed by atoms with E-state index >= 15 is 0 Å². The summed E-state index contributed by atoms with van der Waals surface area (Å²) in [4.78, 5) is 11.5. The van der Waals surface area contributed by atoms with Crippen molar-refractivity contribution in [3.63, 3.8) is 0 Å². The molecule has 0 saturated carbocycles. The van der Waals surface area contributed by atoms with Crippen LogP contribution in [0.25, 0.3) is 0 Å². The molecule has 0 aromatic carbocycles. The smallest absolute Gasteiger partial charge is 0.287 e. The number of rotatable bonds is 4. The van der Waals surface area contributed by atoms with Gasteiger partial charge in [0.25, 0.3) is 11.8 Å². The van der Waals surface area contributed by atoms with E-state index in [0.717, 1.165) is 0 Å².